The van der Waals surface area contributed by atoms with Gasteiger partial charge in [-0.25, -0.2) is 19.3 Å². The van der Waals surface area contributed by atoms with Crippen molar-refractivity contribution in [3.63, 3.8) is 0 Å². The molecule has 8 nitrogen and oxygen atoms in total. The number of hydrogen-bond donors (Lipinski definition) is 3. The van der Waals surface area contributed by atoms with Crippen molar-refractivity contribution in [2.75, 3.05) is 25.4 Å². The minimum atomic E-state index is -0.801. The first-order valence-corrected chi connectivity index (χ1v) is 12.1. The zero-order valence-corrected chi connectivity index (χ0v) is 20.5. The van der Waals surface area contributed by atoms with E-state index in [4.69, 9.17) is 17.3 Å². The molecule has 2 aromatic carbocycles. The summed E-state index contributed by atoms with van der Waals surface area (Å²) in [5.41, 5.74) is 7.45. The Labute approximate surface area is 213 Å². The summed E-state index contributed by atoms with van der Waals surface area (Å²) in [5, 5.41) is 11.5. The van der Waals surface area contributed by atoms with Gasteiger partial charge < -0.3 is 20.7 Å². The molecule has 0 unspecified atom stereocenters. The molecule has 0 radical (unpaired) electrons. The fourth-order valence-corrected chi connectivity index (χ4v) is 4.35. The van der Waals surface area contributed by atoms with E-state index in [1.165, 1.54) is 36.9 Å². The topological polar surface area (TPSA) is 121 Å². The number of Topliss-reactive ketones (excluding diaryl/α,β-unsaturated/α-hetero) is 1. The van der Waals surface area contributed by atoms with E-state index in [1.807, 2.05) is 24.3 Å². The number of aliphatic hydroxyl groups is 1. The van der Waals surface area contributed by atoms with E-state index in [0.717, 1.165) is 31.6 Å². The highest BCUT2D eigenvalue weighted by Gasteiger charge is 2.33. The number of anilines is 1. The molecule has 0 amide bonds. The normalized spacial score (nSPS) is 15.3. The van der Waals surface area contributed by atoms with Crippen LogP contribution >= 0.6 is 11.6 Å². The first-order chi connectivity index (χ1) is 17.3. The summed E-state index contributed by atoms with van der Waals surface area (Å²) in [6.45, 7) is 2.41. The average molecular weight is 511 g/mol. The molecule has 0 bridgehead atoms. The van der Waals surface area contributed by atoms with Gasteiger partial charge in [0.2, 0.25) is 0 Å². The first kappa shape index (κ1) is 25.7. The van der Waals surface area contributed by atoms with Crippen LogP contribution in [-0.2, 0) is 5.60 Å². The van der Waals surface area contributed by atoms with Crippen molar-refractivity contribution in [2.24, 2.45) is 0 Å². The molecule has 5 rings (SSSR count). The van der Waals surface area contributed by atoms with Gasteiger partial charge in [-0.05, 0) is 67.8 Å². The maximum Gasteiger partial charge on any atom is 0.182 e. The van der Waals surface area contributed by atoms with E-state index in [2.05, 4.69) is 24.8 Å². The molecule has 0 aliphatic carbocycles. The maximum atomic E-state index is 12.9. The number of rotatable bonds is 6. The minimum absolute atomic E-state index is 0.0414. The van der Waals surface area contributed by atoms with E-state index in [1.54, 1.807) is 0 Å². The zero-order chi connectivity index (χ0) is 25.5. The molecule has 2 aromatic heterocycles. The van der Waals surface area contributed by atoms with Crippen molar-refractivity contribution in [3.05, 3.63) is 83.2 Å². The Morgan fingerprint density at radius 3 is 2.44 bits per heavy atom. The molecule has 1 aliphatic rings. The summed E-state index contributed by atoms with van der Waals surface area (Å²) in [7, 11) is 0. The van der Waals surface area contributed by atoms with Crippen LogP contribution in [0, 0.1) is 5.82 Å². The molecule has 1 fully saturated rings. The number of likely N-dealkylation sites (tertiary alicyclic amines) is 1. The van der Waals surface area contributed by atoms with Crippen molar-refractivity contribution >= 4 is 34.4 Å². The molecule has 4 aromatic rings. The summed E-state index contributed by atoms with van der Waals surface area (Å²) < 4.78 is 12.9. The minimum Gasteiger partial charge on any atom is -0.385 e. The van der Waals surface area contributed by atoms with E-state index in [0.29, 0.717) is 46.8 Å². The molecular formula is C26H28ClFN6O2. The van der Waals surface area contributed by atoms with E-state index in [-0.39, 0.29) is 11.6 Å². The van der Waals surface area contributed by atoms with Crippen LogP contribution in [0.3, 0.4) is 0 Å². The quantitative estimate of drug-likeness (QED) is 0.329. The zero-order valence-electron chi connectivity index (χ0n) is 19.7. The molecule has 10 heteroatoms. The molecule has 3 heterocycles. The number of imidazole rings is 1. The lowest BCUT2D eigenvalue weighted by Gasteiger charge is -2.38. The number of halogens is 2. The van der Waals surface area contributed by atoms with Gasteiger partial charge in [0.15, 0.2) is 17.2 Å². The van der Waals surface area contributed by atoms with Crippen LogP contribution in [0.4, 0.5) is 10.2 Å². The van der Waals surface area contributed by atoms with Crippen LogP contribution in [0.2, 0.25) is 5.02 Å². The molecule has 4 N–H and O–H groups in total. The lowest BCUT2D eigenvalue weighted by Crippen LogP contribution is -2.42. The highest BCUT2D eigenvalue weighted by atomic mass is 35.5. The van der Waals surface area contributed by atoms with Gasteiger partial charge in [-0.1, -0.05) is 23.7 Å². The second-order valence-corrected chi connectivity index (χ2v) is 9.21. The third-order valence-corrected chi connectivity index (χ3v) is 6.61. The Morgan fingerprint density at radius 2 is 1.78 bits per heavy atom. The predicted octanol–water partition coefficient (Wildman–Crippen LogP) is 4.36. The maximum absolute atomic E-state index is 12.9. The number of benzene rings is 2. The van der Waals surface area contributed by atoms with Crippen molar-refractivity contribution in [1.29, 1.82) is 0 Å². The van der Waals surface area contributed by atoms with Gasteiger partial charge >= 0.3 is 0 Å². The van der Waals surface area contributed by atoms with Crippen LogP contribution in [0.5, 0.6) is 0 Å². The number of nitrogens with one attached hydrogen (secondary N) is 1. The first-order valence-electron chi connectivity index (χ1n) is 11.7. The Kier molecular flexibility index (Phi) is 8.25. The largest absolute Gasteiger partial charge is 0.385 e. The monoisotopic (exact) mass is 510 g/mol. The number of nitrogens with two attached hydrogens (primary N) is 1. The summed E-state index contributed by atoms with van der Waals surface area (Å²) in [6, 6.07) is 13.1. The molecule has 1 saturated heterocycles. The average Bonchev–Trinajstić information content (AvgIpc) is 3.37. The fourth-order valence-electron chi connectivity index (χ4n) is 4.22. The third kappa shape index (κ3) is 6.42. The molecule has 0 saturated carbocycles. The number of aromatic amines is 1. The van der Waals surface area contributed by atoms with E-state index >= 15 is 0 Å². The number of H-pyrrole nitrogens is 1. The third-order valence-electron chi connectivity index (χ3n) is 6.36. The van der Waals surface area contributed by atoms with Crippen molar-refractivity contribution in [1.82, 2.24) is 24.8 Å². The highest BCUT2D eigenvalue weighted by Crippen LogP contribution is 2.33. The Hall–Kier alpha value is -3.40. The highest BCUT2D eigenvalue weighted by molar-refractivity contribution is 6.30. The number of carbonyl (C=O) groups is 1. The fraction of sp³-hybridized carbons (Fsp3) is 0.308. The van der Waals surface area contributed by atoms with Gasteiger partial charge in [0, 0.05) is 30.1 Å². The SMILES string of the molecule is Nc1ncnc2nc[nH]c12.O=C(CCCN1CCC(O)(c2ccc(Cl)cc2)CC1)c1ccc(F)cc1. The second kappa shape index (κ2) is 11.6. The summed E-state index contributed by atoms with van der Waals surface area (Å²) in [6.07, 6.45) is 5.47. The van der Waals surface area contributed by atoms with Crippen LogP contribution in [-0.4, -0.2) is 55.4 Å². The molecular weight excluding hydrogens is 483 g/mol. The summed E-state index contributed by atoms with van der Waals surface area (Å²) in [4.78, 5) is 28.8. The lowest BCUT2D eigenvalue weighted by molar-refractivity contribution is -0.0260. The second-order valence-electron chi connectivity index (χ2n) is 8.77. The Morgan fingerprint density at radius 1 is 1.08 bits per heavy atom. The van der Waals surface area contributed by atoms with Gasteiger partial charge in [-0.2, -0.15) is 0 Å². The van der Waals surface area contributed by atoms with Crippen molar-refractivity contribution in [2.45, 2.75) is 31.3 Å². The summed E-state index contributed by atoms with van der Waals surface area (Å²) in [5.74, 6) is 0.144. The van der Waals surface area contributed by atoms with Gasteiger partial charge in [-0.15, -0.1) is 0 Å². The number of nitrogen functional groups attached to an aromatic ring is 1. The number of carbonyl (C=O) groups excluding carboxylic acids is 1. The number of ketones is 1. The van der Waals surface area contributed by atoms with Gasteiger partial charge in [0.1, 0.15) is 17.7 Å². The molecule has 0 spiro atoms. The lowest BCUT2D eigenvalue weighted by atomic mass is 9.84. The number of fused-ring (bicyclic) bond motifs is 1. The van der Waals surface area contributed by atoms with Crippen LogP contribution in [0.1, 0.15) is 41.6 Å². The number of hydrogen-bond acceptors (Lipinski definition) is 7. The molecule has 0 atom stereocenters. The van der Waals surface area contributed by atoms with Gasteiger partial charge in [-0.3, -0.25) is 4.79 Å². The Bertz CT molecular complexity index is 1290. The molecule has 36 heavy (non-hydrogen) atoms. The van der Waals surface area contributed by atoms with E-state index in [9.17, 15) is 14.3 Å². The molecule has 1 aliphatic heterocycles. The standard InChI is InChI=1S/C21H23ClFNO2.C5H5N5/c22-18-7-5-17(6-8-18)21(26)11-14-24(15-12-21)13-1-2-20(25)16-3-9-19(23)10-4-16;6-4-3-5(9-1-7-3)10-2-8-4/h3-10,26H,1-2,11-15H2;1-2H,(H3,6,7,8,9,10). The predicted molar refractivity (Wildman–Crippen MR) is 137 cm³/mol. The van der Waals surface area contributed by atoms with Crippen LogP contribution in [0.25, 0.3) is 11.2 Å². The number of piperidine rings is 1. The van der Waals surface area contributed by atoms with Gasteiger partial charge in [0.25, 0.3) is 0 Å². The molecule has 188 valence electrons. The van der Waals surface area contributed by atoms with Gasteiger partial charge in [0.05, 0.1) is 11.9 Å². The van der Waals surface area contributed by atoms with E-state index < -0.39 is 5.60 Å². The van der Waals surface area contributed by atoms with Crippen LogP contribution in [0.15, 0.2) is 61.2 Å². The Balaban J connectivity index is 0.000000251. The van der Waals surface area contributed by atoms with Crippen molar-refractivity contribution < 1.29 is 14.3 Å². The number of aromatic nitrogens is 4. The van der Waals surface area contributed by atoms with Crippen molar-refractivity contribution in [3.8, 4) is 0 Å². The number of nitrogens with zero attached hydrogens (tertiary/aromatic N) is 4. The van der Waals surface area contributed by atoms with Crippen LogP contribution < -0.4 is 5.73 Å². The summed E-state index contributed by atoms with van der Waals surface area (Å²) >= 11 is 5.92. The smallest absolute Gasteiger partial charge is 0.182 e.